The Labute approximate surface area is 437 Å². The lowest BCUT2D eigenvalue weighted by Gasteiger charge is -2.34. The summed E-state index contributed by atoms with van der Waals surface area (Å²) in [5.74, 6) is 0. The van der Waals surface area contributed by atoms with Crippen molar-refractivity contribution >= 4 is 16.7 Å². The zero-order valence-electron chi connectivity index (χ0n) is 44.1. The second-order valence-electron chi connectivity index (χ2n) is 19.5. The molecular formula is C73H70. The Hall–Kier alpha value is -7.80. The maximum Gasteiger partial charge on any atom is 0.0728 e. The Kier molecular flexibility index (Phi) is 15.9. The molecule has 9 aromatic rings. The van der Waals surface area contributed by atoms with Gasteiger partial charge in [-0.25, -0.2) is 0 Å². The van der Waals surface area contributed by atoms with Gasteiger partial charge in [0.25, 0.3) is 0 Å². The average Bonchev–Trinajstić information content (AvgIpc) is 3.92. The van der Waals surface area contributed by atoms with E-state index in [2.05, 4.69) is 235 Å². The molecule has 0 fully saturated rings. The van der Waals surface area contributed by atoms with E-state index in [1.54, 1.807) is 0 Å². The van der Waals surface area contributed by atoms with Crippen molar-refractivity contribution in [1.29, 1.82) is 0 Å². The van der Waals surface area contributed by atoms with Gasteiger partial charge >= 0.3 is 0 Å². The summed E-state index contributed by atoms with van der Waals surface area (Å²) < 4.78 is 0. The highest BCUT2D eigenvalue weighted by atomic mass is 14.5. The van der Waals surface area contributed by atoms with Crippen LogP contribution in [0.5, 0.6) is 0 Å². The van der Waals surface area contributed by atoms with Crippen molar-refractivity contribution in [3.63, 3.8) is 0 Å². The molecule has 1 unspecified atom stereocenters. The van der Waals surface area contributed by atoms with E-state index in [4.69, 9.17) is 0 Å². The zero-order valence-corrected chi connectivity index (χ0v) is 44.1. The molecule has 12 rings (SSSR count). The van der Waals surface area contributed by atoms with Gasteiger partial charge in [-0.05, 0) is 166 Å². The standard InChI is InChI=1S/C57H48.2C7H8.C2H6/c1-4-15-52-51-35-33-44(40-26-24-38(2)25-27-40)37-55(51)57(56(52)46-19-11-9-16-39(46)3)53-23-14-13-22-49(53)50-34-32-45(36-54(50)57)41-28-30-43(31-29-41)48-20-8-6-5-7-17-42-18-10-12-21-47(42)48;2*1-7-5-3-2-4-6-7;1-2/h5,7,9-14,16,18-37H,4,6,8,15,17H2,1-3H3;2*2-6H,1H3;1-2H3/b7-5+,48-20+;;;. The molecule has 0 nitrogen and oxygen atoms in total. The molecule has 0 saturated heterocycles. The Morgan fingerprint density at radius 2 is 0.863 bits per heavy atom. The molecule has 0 radical (unpaired) electrons. The third-order valence-electron chi connectivity index (χ3n) is 14.7. The van der Waals surface area contributed by atoms with Gasteiger partial charge in [0.15, 0.2) is 0 Å². The lowest BCUT2D eigenvalue weighted by molar-refractivity contribution is 0.841. The van der Waals surface area contributed by atoms with Crippen LogP contribution >= 0.6 is 0 Å². The minimum atomic E-state index is -0.464. The summed E-state index contributed by atoms with van der Waals surface area (Å²) >= 11 is 0. The van der Waals surface area contributed by atoms with Crippen LogP contribution in [-0.2, 0) is 11.8 Å². The van der Waals surface area contributed by atoms with Crippen molar-refractivity contribution < 1.29 is 0 Å². The van der Waals surface area contributed by atoms with E-state index in [-0.39, 0.29) is 0 Å². The van der Waals surface area contributed by atoms with Gasteiger partial charge in [-0.3, -0.25) is 0 Å². The smallest absolute Gasteiger partial charge is 0.0728 e. The van der Waals surface area contributed by atoms with Gasteiger partial charge in [0.2, 0.25) is 0 Å². The first kappa shape index (κ1) is 50.2. The lowest BCUT2D eigenvalue weighted by atomic mass is 9.66. The van der Waals surface area contributed by atoms with Crippen LogP contribution in [0, 0.1) is 27.7 Å². The number of hydrogen-bond donors (Lipinski definition) is 0. The van der Waals surface area contributed by atoms with Crippen LogP contribution in [0.25, 0.3) is 50.1 Å². The molecule has 3 aliphatic rings. The number of hydrogen-bond acceptors (Lipinski definition) is 0. The first-order chi connectivity index (χ1) is 35.8. The maximum atomic E-state index is 2.54. The Morgan fingerprint density at radius 3 is 1.47 bits per heavy atom. The minimum Gasteiger partial charge on any atom is -0.0879 e. The van der Waals surface area contributed by atoms with Gasteiger partial charge in [0, 0.05) is 0 Å². The molecule has 1 atom stereocenters. The van der Waals surface area contributed by atoms with Gasteiger partial charge in [-0.2, -0.15) is 0 Å². The third-order valence-corrected chi connectivity index (χ3v) is 14.7. The van der Waals surface area contributed by atoms with Crippen LogP contribution in [0.1, 0.15) is 113 Å². The average molecular weight is 947 g/mol. The fraction of sp³-hybridized carbons (Fsp3) is 0.178. The second-order valence-corrected chi connectivity index (χ2v) is 19.5. The monoisotopic (exact) mass is 947 g/mol. The lowest BCUT2D eigenvalue weighted by Crippen LogP contribution is -2.27. The molecule has 0 aliphatic heterocycles. The van der Waals surface area contributed by atoms with Gasteiger partial charge < -0.3 is 0 Å². The van der Waals surface area contributed by atoms with Crippen molar-refractivity contribution in [2.24, 2.45) is 0 Å². The molecule has 73 heavy (non-hydrogen) atoms. The molecule has 1 spiro atoms. The van der Waals surface area contributed by atoms with Crippen LogP contribution in [0.15, 0.2) is 237 Å². The van der Waals surface area contributed by atoms with Gasteiger partial charge in [0.05, 0.1) is 5.41 Å². The van der Waals surface area contributed by atoms with E-state index in [9.17, 15) is 0 Å². The predicted octanol–water partition coefficient (Wildman–Crippen LogP) is 20.0. The van der Waals surface area contributed by atoms with Crippen LogP contribution in [-0.4, -0.2) is 0 Å². The topological polar surface area (TPSA) is 0 Å². The minimum absolute atomic E-state index is 0.464. The molecule has 0 bridgehead atoms. The normalized spacial score (nSPS) is 15.9. The van der Waals surface area contributed by atoms with Crippen LogP contribution < -0.4 is 0 Å². The van der Waals surface area contributed by atoms with E-state index in [0.29, 0.717) is 0 Å². The van der Waals surface area contributed by atoms with Crippen molar-refractivity contribution in [3.8, 4) is 33.4 Å². The van der Waals surface area contributed by atoms with Crippen molar-refractivity contribution in [2.45, 2.75) is 86.0 Å². The number of benzene rings is 9. The molecule has 0 heterocycles. The number of allylic oxidation sites excluding steroid dienone is 5. The van der Waals surface area contributed by atoms with Crippen LogP contribution in [0.4, 0.5) is 0 Å². The molecular weight excluding hydrogens is 877 g/mol. The molecule has 0 saturated carbocycles. The summed E-state index contributed by atoms with van der Waals surface area (Å²) in [4.78, 5) is 0. The Balaban J connectivity index is 0.000000352. The summed E-state index contributed by atoms with van der Waals surface area (Å²) in [6.07, 6.45) is 12.3. The molecule has 0 heteroatoms. The summed E-state index contributed by atoms with van der Waals surface area (Å²) in [5, 5.41) is 0. The summed E-state index contributed by atoms with van der Waals surface area (Å²) in [7, 11) is 0. The van der Waals surface area contributed by atoms with Crippen molar-refractivity contribution in [3.05, 3.63) is 303 Å². The molecule has 9 aromatic carbocycles. The molecule has 0 N–H and O–H groups in total. The fourth-order valence-electron chi connectivity index (χ4n) is 11.2. The Bertz CT molecular complexity index is 3360. The molecule has 0 aromatic heterocycles. The predicted molar refractivity (Wildman–Crippen MR) is 316 cm³/mol. The first-order valence-corrected chi connectivity index (χ1v) is 26.7. The number of rotatable bonds is 6. The summed E-state index contributed by atoms with van der Waals surface area (Å²) in [6, 6.07) is 80.8. The van der Waals surface area contributed by atoms with E-state index in [1.807, 2.05) is 50.2 Å². The second kappa shape index (κ2) is 23.2. The highest BCUT2D eigenvalue weighted by Gasteiger charge is 2.53. The summed E-state index contributed by atoms with van der Waals surface area (Å²) in [6.45, 7) is 15.0. The van der Waals surface area contributed by atoms with Crippen molar-refractivity contribution in [1.82, 2.24) is 0 Å². The van der Waals surface area contributed by atoms with E-state index in [0.717, 1.165) is 32.1 Å². The first-order valence-electron chi connectivity index (χ1n) is 26.7. The maximum absolute atomic E-state index is 2.54. The van der Waals surface area contributed by atoms with E-state index in [1.165, 1.54) is 117 Å². The molecule has 362 valence electrons. The largest absolute Gasteiger partial charge is 0.0879 e. The fourth-order valence-corrected chi connectivity index (χ4v) is 11.2. The zero-order chi connectivity index (χ0) is 50.7. The van der Waals surface area contributed by atoms with Gasteiger partial charge in [0.1, 0.15) is 0 Å². The highest BCUT2D eigenvalue weighted by Crippen LogP contribution is 2.66. The van der Waals surface area contributed by atoms with Crippen molar-refractivity contribution in [2.75, 3.05) is 0 Å². The van der Waals surface area contributed by atoms with Gasteiger partial charge in [-0.15, -0.1) is 0 Å². The van der Waals surface area contributed by atoms with E-state index < -0.39 is 5.41 Å². The number of fused-ring (bicyclic) bond motifs is 8. The van der Waals surface area contributed by atoms with Gasteiger partial charge in [-0.1, -0.05) is 268 Å². The summed E-state index contributed by atoms with van der Waals surface area (Å²) in [5.41, 5.74) is 27.7. The third kappa shape index (κ3) is 10.3. The molecule has 0 amide bonds. The number of aryl methyl sites for hydroxylation is 4. The highest BCUT2D eigenvalue weighted by molar-refractivity contribution is 6.10. The SMILES string of the molecule is CC.CCCC1=C(c2ccccc2C)C2(c3cc(-c4ccc(C)cc4)ccc31)c1ccccc1-c1ccc(-c3ccc(/C4=C\CC/C=C/Cc5ccccc54)cc3)cc12.Cc1ccccc1.Cc1ccccc1. The van der Waals surface area contributed by atoms with Crippen LogP contribution in [0.2, 0.25) is 0 Å². The molecule has 3 aliphatic carbocycles. The Morgan fingerprint density at radius 1 is 0.384 bits per heavy atom. The quantitative estimate of drug-likeness (QED) is 0.146. The van der Waals surface area contributed by atoms with E-state index >= 15 is 0 Å². The van der Waals surface area contributed by atoms with Crippen LogP contribution in [0.3, 0.4) is 0 Å².